The highest BCUT2D eigenvalue weighted by Gasteiger charge is 2.29. The molecule has 0 unspecified atom stereocenters. The summed E-state index contributed by atoms with van der Waals surface area (Å²) in [6.07, 6.45) is 15.4. The van der Waals surface area contributed by atoms with Crippen LogP contribution in [-0.2, 0) is 10.2 Å². The van der Waals surface area contributed by atoms with Gasteiger partial charge >= 0.3 is 0 Å². The summed E-state index contributed by atoms with van der Waals surface area (Å²) < 4.78 is 1.31. The van der Waals surface area contributed by atoms with Crippen molar-refractivity contribution < 1.29 is 4.79 Å². The number of rotatable bonds is 24. The van der Waals surface area contributed by atoms with E-state index in [1.54, 1.807) is 18.2 Å². The zero-order chi connectivity index (χ0) is 43.9. The molecular formula is C47H58N12O. The summed E-state index contributed by atoms with van der Waals surface area (Å²) in [6.45, 7) is 18.5. The number of hydrogen-bond acceptors (Lipinski definition) is 10. The van der Waals surface area contributed by atoms with Crippen molar-refractivity contribution in [1.82, 2.24) is 9.78 Å². The zero-order valence-corrected chi connectivity index (χ0v) is 36.0. The molecule has 0 aliphatic carbocycles. The molecule has 0 bridgehead atoms. The molecule has 0 aliphatic rings. The number of anilines is 2. The Bertz CT molecular complexity index is 2150. The lowest BCUT2D eigenvalue weighted by Gasteiger charge is -2.24. The predicted molar refractivity (Wildman–Crippen MR) is 234 cm³/mol. The van der Waals surface area contributed by atoms with Crippen molar-refractivity contribution in [3.63, 3.8) is 0 Å². The van der Waals surface area contributed by atoms with E-state index in [1.165, 1.54) is 55.3 Å². The first-order valence-corrected chi connectivity index (χ1v) is 21.3. The normalized spacial score (nSPS) is 11.0. The van der Waals surface area contributed by atoms with Crippen LogP contribution in [0, 0.1) is 69.1 Å². The minimum atomic E-state index is -0.638. The Labute approximate surface area is 356 Å². The van der Waals surface area contributed by atoms with Gasteiger partial charge in [-0.1, -0.05) is 112 Å². The van der Waals surface area contributed by atoms with Crippen LogP contribution in [0.3, 0.4) is 0 Å². The van der Waals surface area contributed by atoms with Crippen molar-refractivity contribution in [1.29, 1.82) is 26.3 Å². The van der Waals surface area contributed by atoms with Crippen LogP contribution in [0.25, 0.3) is 10.5 Å². The molecule has 3 rings (SSSR count). The van der Waals surface area contributed by atoms with Crippen molar-refractivity contribution in [2.24, 2.45) is 16.1 Å². The number of azo groups is 1. The number of aromatic nitrogens is 2. The van der Waals surface area contributed by atoms with Gasteiger partial charge in [0, 0.05) is 30.1 Å². The van der Waals surface area contributed by atoms with E-state index in [9.17, 15) is 31.1 Å². The molecule has 13 nitrogen and oxygen atoms in total. The van der Waals surface area contributed by atoms with Gasteiger partial charge < -0.3 is 10.2 Å². The Morgan fingerprint density at radius 1 is 0.817 bits per heavy atom. The summed E-state index contributed by atoms with van der Waals surface area (Å²) in [6, 6.07) is 18.6. The van der Waals surface area contributed by atoms with Gasteiger partial charge in [-0.05, 0) is 43.2 Å². The number of nitrogens with one attached hydrogen (secondary N) is 1. The van der Waals surface area contributed by atoms with E-state index in [-0.39, 0.29) is 58.5 Å². The summed E-state index contributed by atoms with van der Waals surface area (Å²) in [7, 11) is 0. The lowest BCUT2D eigenvalue weighted by atomic mass is 9.90. The maximum Gasteiger partial charge on any atom is 0.227 e. The number of hydrogen-bond donors (Lipinski definition) is 1. The Balaban J connectivity index is 2.19. The predicted octanol–water partition coefficient (Wildman–Crippen LogP) is 12.4. The molecule has 1 heterocycles. The Morgan fingerprint density at radius 2 is 1.40 bits per heavy atom. The average Bonchev–Trinajstić information content (AvgIpc) is 3.63. The third-order valence-electron chi connectivity index (χ3n) is 10.4. The second kappa shape index (κ2) is 25.1. The van der Waals surface area contributed by atoms with Crippen molar-refractivity contribution >= 4 is 34.5 Å². The van der Waals surface area contributed by atoms with E-state index in [2.05, 4.69) is 58.5 Å². The number of benzene rings is 2. The molecule has 0 spiro atoms. The molecule has 60 heavy (non-hydrogen) atoms. The van der Waals surface area contributed by atoms with Gasteiger partial charge in [-0.2, -0.15) is 31.4 Å². The van der Waals surface area contributed by atoms with Gasteiger partial charge in [-0.25, -0.2) is 9.53 Å². The van der Waals surface area contributed by atoms with Crippen LogP contribution in [0.5, 0.6) is 0 Å². The lowest BCUT2D eigenvalue weighted by molar-refractivity contribution is -0.120. The van der Waals surface area contributed by atoms with Crippen molar-refractivity contribution in [3.05, 3.63) is 64.1 Å². The van der Waals surface area contributed by atoms with Gasteiger partial charge in [0.25, 0.3) is 0 Å². The molecule has 0 radical (unpaired) electrons. The summed E-state index contributed by atoms with van der Waals surface area (Å²) >= 11 is 0. The first-order chi connectivity index (χ1) is 29.0. The zero-order valence-electron chi connectivity index (χ0n) is 36.0. The molecule has 0 saturated heterocycles. The average molecular weight is 807 g/mol. The number of nitriles is 5. The molecule has 0 fully saturated rings. The molecule has 2 aromatic carbocycles. The van der Waals surface area contributed by atoms with E-state index in [0.717, 1.165) is 51.4 Å². The van der Waals surface area contributed by atoms with E-state index in [4.69, 9.17) is 11.7 Å². The molecule has 312 valence electrons. The number of carbonyl (C=O) groups excluding carboxylic acids is 1. The SMILES string of the molecule is [C-]#[N+]c1cc(-n2nc(C(C)(C)C)c(C#N)c2N=Nc2ccc(N(CCC#N)CCC#N)cc2NC(=O)C(CCCCCCCC)CCCCCCCC)c(C#N)cc1C#N. The van der Waals surface area contributed by atoms with Gasteiger partial charge in [0.2, 0.25) is 11.6 Å². The number of unbranched alkanes of at least 4 members (excludes halogenated alkanes) is 10. The fraction of sp³-hybridized carbons (Fsp3) is 0.532. The van der Waals surface area contributed by atoms with Crippen LogP contribution in [0.2, 0.25) is 0 Å². The minimum absolute atomic E-state index is 0.00889. The summed E-state index contributed by atoms with van der Waals surface area (Å²) in [5.41, 5.74) is 1.48. The Hall–Kier alpha value is -6.54. The monoisotopic (exact) mass is 806 g/mol. The topological polar surface area (TPSA) is 198 Å². The summed E-state index contributed by atoms with van der Waals surface area (Å²) in [4.78, 5) is 19.7. The molecule has 0 aliphatic heterocycles. The summed E-state index contributed by atoms with van der Waals surface area (Å²) in [5.74, 6) is -0.330. The first kappa shape index (κ1) is 47.8. The van der Waals surface area contributed by atoms with Crippen LogP contribution < -0.4 is 10.2 Å². The molecule has 0 saturated carbocycles. The molecule has 1 amide bonds. The number of nitrogens with zero attached hydrogens (tertiary/aromatic N) is 11. The minimum Gasteiger partial charge on any atom is -0.369 e. The standard InChI is InChI=1S/C47H58N12O/c1-7-9-11-13-15-17-21-35(22-18-16-14-12-10-8-2)46(60)54-42-30-38(58(27-19-25-48)28-20-26-49)23-24-40(42)55-56-45-39(34-52)44(47(3,4)5)57-59(45)43-31-41(53-6)36(32-50)29-37(43)33-51/h23-24,29-31,35H,7-22,27-28H2,1-5H3,(H,54,60). The van der Waals surface area contributed by atoms with Crippen LogP contribution in [-0.4, -0.2) is 28.8 Å². The van der Waals surface area contributed by atoms with Crippen molar-refractivity contribution in [2.45, 2.75) is 143 Å². The van der Waals surface area contributed by atoms with Gasteiger partial charge in [-0.15, -0.1) is 10.2 Å². The molecule has 13 heteroatoms. The van der Waals surface area contributed by atoms with Gasteiger partial charge in [0.15, 0.2) is 5.82 Å². The maximum absolute atomic E-state index is 14.3. The van der Waals surface area contributed by atoms with Crippen molar-refractivity contribution in [3.8, 4) is 36.0 Å². The lowest BCUT2D eigenvalue weighted by Crippen LogP contribution is -2.26. The molecule has 3 aromatic rings. The van der Waals surface area contributed by atoms with Crippen LogP contribution in [0.1, 0.15) is 160 Å². The quantitative estimate of drug-likeness (QED) is 0.0523. The van der Waals surface area contributed by atoms with Gasteiger partial charge in [0.05, 0.1) is 65.8 Å². The molecule has 1 aromatic heterocycles. The molecular weight excluding hydrogens is 749 g/mol. The van der Waals surface area contributed by atoms with Crippen molar-refractivity contribution in [2.75, 3.05) is 23.3 Å². The number of amides is 1. The maximum atomic E-state index is 14.3. The van der Waals surface area contributed by atoms with Gasteiger partial charge in [0.1, 0.15) is 23.4 Å². The highest BCUT2D eigenvalue weighted by molar-refractivity contribution is 5.96. The van der Waals surface area contributed by atoms with E-state index in [0.29, 0.717) is 35.8 Å². The smallest absolute Gasteiger partial charge is 0.227 e. The second-order valence-corrected chi connectivity index (χ2v) is 16.0. The van der Waals surface area contributed by atoms with Gasteiger partial charge in [-0.3, -0.25) is 4.79 Å². The molecule has 1 N–H and O–H groups in total. The van der Waals surface area contributed by atoms with Crippen LogP contribution in [0.15, 0.2) is 40.6 Å². The summed E-state index contributed by atoms with van der Waals surface area (Å²) in [5, 5.41) is 66.2. The largest absolute Gasteiger partial charge is 0.369 e. The van der Waals surface area contributed by atoms with E-state index < -0.39 is 5.41 Å². The fourth-order valence-electron chi connectivity index (χ4n) is 7.05. The number of carbonyl (C=O) groups is 1. The fourth-order valence-corrected chi connectivity index (χ4v) is 7.05. The highest BCUT2D eigenvalue weighted by Crippen LogP contribution is 2.38. The first-order valence-electron chi connectivity index (χ1n) is 21.3. The van der Waals surface area contributed by atoms with E-state index in [1.807, 2.05) is 31.7 Å². The van der Waals surface area contributed by atoms with Crippen LogP contribution in [0.4, 0.5) is 28.6 Å². The second-order valence-electron chi connectivity index (χ2n) is 16.0. The third-order valence-corrected chi connectivity index (χ3v) is 10.4. The van der Waals surface area contributed by atoms with Crippen LogP contribution >= 0.6 is 0 Å². The Morgan fingerprint density at radius 3 is 1.92 bits per heavy atom. The highest BCUT2D eigenvalue weighted by atomic mass is 16.1. The van der Waals surface area contributed by atoms with E-state index >= 15 is 0 Å². The Kier molecular flexibility index (Phi) is 20.0. The molecule has 0 atom stereocenters. The third kappa shape index (κ3) is 13.8.